The summed E-state index contributed by atoms with van der Waals surface area (Å²) in [6.07, 6.45) is -9.17. The minimum absolute atomic E-state index is 0.149. The molecule has 0 saturated heterocycles. The van der Waals surface area contributed by atoms with Crippen molar-refractivity contribution in [1.82, 2.24) is 0 Å². The molecule has 10 heteroatoms. The van der Waals surface area contributed by atoms with Crippen molar-refractivity contribution in [2.75, 3.05) is 10.5 Å². The molecule has 0 spiro atoms. The van der Waals surface area contributed by atoms with Crippen LogP contribution in [0, 0.1) is 0 Å². The molecule has 0 aliphatic heterocycles. The fourth-order valence-electron chi connectivity index (χ4n) is 1.34. The maximum Gasteiger partial charge on any atom is 0.409 e. The number of hydrogen-bond acceptors (Lipinski definition) is 2. The van der Waals surface area contributed by atoms with Crippen LogP contribution in [0.3, 0.4) is 0 Å². The quantitative estimate of drug-likeness (QED) is 0.857. The number of benzene rings is 1. The third kappa shape index (κ3) is 7.02. The Bertz CT molecular complexity index is 618. The molecular formula is C11H9F6NO2S. The minimum Gasteiger partial charge on any atom is -0.283 e. The molecule has 118 valence electrons. The molecule has 0 saturated carbocycles. The van der Waals surface area contributed by atoms with Gasteiger partial charge in [-0.05, 0) is 17.7 Å². The predicted molar refractivity (Wildman–Crippen MR) is 65.0 cm³/mol. The van der Waals surface area contributed by atoms with Crippen molar-refractivity contribution in [3.05, 3.63) is 35.9 Å². The van der Waals surface area contributed by atoms with E-state index >= 15 is 0 Å². The van der Waals surface area contributed by atoms with Gasteiger partial charge in [-0.3, -0.25) is 4.72 Å². The van der Waals surface area contributed by atoms with Gasteiger partial charge in [0.1, 0.15) is 0 Å². The molecule has 0 bridgehead atoms. The standard InChI is InChI=1S/C11H9F6NO2S/c12-10(13,14)6-5-8-3-1-2-4-9(8)18-21(19,20)7-11(15,16)17/h1-6,18H,7H2/b6-5+. The Kier molecular flexibility index (Phi) is 4.92. The minimum atomic E-state index is -4.96. The van der Waals surface area contributed by atoms with Crippen molar-refractivity contribution in [3.63, 3.8) is 0 Å². The first-order valence-corrected chi connectivity index (χ1v) is 6.95. The Morgan fingerprint density at radius 3 is 2.14 bits per heavy atom. The molecule has 1 rings (SSSR count). The van der Waals surface area contributed by atoms with Crippen LogP contribution in [0.4, 0.5) is 32.0 Å². The van der Waals surface area contributed by atoms with E-state index in [2.05, 4.69) is 0 Å². The van der Waals surface area contributed by atoms with Crippen molar-refractivity contribution >= 4 is 21.8 Å². The van der Waals surface area contributed by atoms with Crippen molar-refractivity contribution in [3.8, 4) is 0 Å². The highest BCUT2D eigenvalue weighted by atomic mass is 32.2. The lowest BCUT2D eigenvalue weighted by Crippen LogP contribution is -2.28. The van der Waals surface area contributed by atoms with Gasteiger partial charge >= 0.3 is 12.4 Å². The molecule has 0 atom stereocenters. The van der Waals surface area contributed by atoms with Crippen LogP contribution in [0.25, 0.3) is 6.08 Å². The van der Waals surface area contributed by atoms with E-state index in [0.717, 1.165) is 12.1 Å². The van der Waals surface area contributed by atoms with Crippen LogP contribution in [0.2, 0.25) is 0 Å². The molecule has 1 aromatic carbocycles. The van der Waals surface area contributed by atoms with E-state index in [-0.39, 0.29) is 17.3 Å². The van der Waals surface area contributed by atoms with E-state index in [4.69, 9.17) is 0 Å². The number of halogens is 6. The molecule has 0 amide bonds. The molecule has 0 aliphatic rings. The maximum absolute atomic E-state index is 12.1. The third-order valence-corrected chi connectivity index (χ3v) is 3.27. The first-order chi connectivity index (χ1) is 9.38. The van der Waals surface area contributed by atoms with Gasteiger partial charge in [0.25, 0.3) is 0 Å². The Hall–Kier alpha value is -1.71. The lowest BCUT2D eigenvalue weighted by atomic mass is 10.1. The van der Waals surface area contributed by atoms with Gasteiger partial charge in [0, 0.05) is 6.08 Å². The Morgan fingerprint density at radius 2 is 1.62 bits per heavy atom. The van der Waals surface area contributed by atoms with Gasteiger partial charge in [-0.15, -0.1) is 0 Å². The first-order valence-electron chi connectivity index (χ1n) is 5.30. The van der Waals surface area contributed by atoms with E-state index in [1.165, 1.54) is 12.1 Å². The highest BCUT2D eigenvalue weighted by molar-refractivity contribution is 7.92. The van der Waals surface area contributed by atoms with Gasteiger partial charge in [0.05, 0.1) is 5.69 Å². The number of hydrogen-bond donors (Lipinski definition) is 1. The molecule has 0 fully saturated rings. The van der Waals surface area contributed by atoms with Crippen LogP contribution < -0.4 is 4.72 Å². The summed E-state index contributed by atoms with van der Waals surface area (Å²) >= 11 is 0. The van der Waals surface area contributed by atoms with E-state index < -0.39 is 28.1 Å². The summed E-state index contributed by atoms with van der Waals surface area (Å²) in [5.74, 6) is -2.13. The van der Waals surface area contributed by atoms with Gasteiger partial charge in [-0.2, -0.15) is 26.3 Å². The maximum atomic E-state index is 12.1. The van der Waals surface area contributed by atoms with Gasteiger partial charge < -0.3 is 0 Å². The van der Waals surface area contributed by atoms with Gasteiger partial charge in [-0.1, -0.05) is 18.2 Å². The number of allylic oxidation sites excluding steroid dienone is 1. The number of alkyl halides is 6. The number of nitrogens with one attached hydrogen (secondary N) is 1. The van der Waals surface area contributed by atoms with Crippen molar-refractivity contribution in [1.29, 1.82) is 0 Å². The summed E-state index contributed by atoms with van der Waals surface area (Å²) in [6, 6.07) is 4.78. The van der Waals surface area contributed by atoms with Gasteiger partial charge in [-0.25, -0.2) is 8.42 Å². The Morgan fingerprint density at radius 1 is 1.05 bits per heavy atom. The smallest absolute Gasteiger partial charge is 0.283 e. The molecule has 1 aromatic rings. The highest BCUT2D eigenvalue weighted by Crippen LogP contribution is 2.24. The fraction of sp³-hybridized carbons (Fsp3) is 0.273. The Balaban J connectivity index is 3.03. The summed E-state index contributed by atoms with van der Waals surface area (Å²) in [7, 11) is -4.76. The monoisotopic (exact) mass is 333 g/mol. The molecule has 0 aliphatic carbocycles. The zero-order chi connectivity index (χ0) is 16.3. The molecular weight excluding hydrogens is 324 g/mol. The Labute approximate surface area is 116 Å². The molecule has 0 aromatic heterocycles. The van der Waals surface area contributed by atoms with Gasteiger partial charge in [0.15, 0.2) is 5.75 Å². The largest absolute Gasteiger partial charge is 0.409 e. The lowest BCUT2D eigenvalue weighted by molar-refractivity contribution is -0.106. The van der Waals surface area contributed by atoms with E-state index in [1.54, 1.807) is 4.72 Å². The number of para-hydroxylation sites is 1. The zero-order valence-corrected chi connectivity index (χ0v) is 11.0. The number of rotatable bonds is 4. The molecule has 3 nitrogen and oxygen atoms in total. The van der Waals surface area contributed by atoms with Crippen LogP contribution in [0.15, 0.2) is 30.3 Å². The molecule has 0 radical (unpaired) electrons. The summed E-state index contributed by atoms with van der Waals surface area (Å²) in [5.41, 5.74) is -0.581. The average molecular weight is 333 g/mol. The van der Waals surface area contributed by atoms with Crippen LogP contribution in [-0.4, -0.2) is 26.5 Å². The summed E-state index contributed by atoms with van der Waals surface area (Å²) in [4.78, 5) is 0. The number of sulfonamides is 1. The van der Waals surface area contributed by atoms with Gasteiger partial charge in [0.2, 0.25) is 10.0 Å². The second kappa shape index (κ2) is 5.96. The van der Waals surface area contributed by atoms with Crippen LogP contribution in [0.5, 0.6) is 0 Å². The molecule has 0 unspecified atom stereocenters. The van der Waals surface area contributed by atoms with E-state index in [1.807, 2.05) is 0 Å². The molecule has 21 heavy (non-hydrogen) atoms. The summed E-state index contributed by atoms with van der Waals surface area (Å²) in [6.45, 7) is 0. The summed E-state index contributed by atoms with van der Waals surface area (Å²) < 4.78 is 96.6. The predicted octanol–water partition coefficient (Wildman–Crippen LogP) is 3.57. The normalized spacial score (nSPS) is 13.6. The summed E-state index contributed by atoms with van der Waals surface area (Å²) in [5, 5.41) is 0. The van der Waals surface area contributed by atoms with E-state index in [9.17, 15) is 34.8 Å². The SMILES string of the molecule is O=S(=O)(CC(F)(F)F)Nc1ccccc1/C=C/C(F)(F)F. The van der Waals surface area contributed by atoms with E-state index in [0.29, 0.717) is 6.08 Å². The topological polar surface area (TPSA) is 46.2 Å². The highest BCUT2D eigenvalue weighted by Gasteiger charge is 2.35. The second-order valence-electron chi connectivity index (χ2n) is 3.94. The third-order valence-electron chi connectivity index (χ3n) is 2.03. The molecule has 0 heterocycles. The molecule has 1 N–H and O–H groups in total. The van der Waals surface area contributed by atoms with Crippen molar-refractivity contribution in [2.24, 2.45) is 0 Å². The van der Waals surface area contributed by atoms with Crippen LogP contribution in [-0.2, 0) is 10.0 Å². The second-order valence-corrected chi connectivity index (χ2v) is 5.66. The lowest BCUT2D eigenvalue weighted by Gasteiger charge is -2.12. The first kappa shape index (κ1) is 17.3. The zero-order valence-electron chi connectivity index (χ0n) is 10.2. The number of anilines is 1. The average Bonchev–Trinajstić information content (AvgIpc) is 2.22. The van der Waals surface area contributed by atoms with Crippen molar-refractivity contribution < 1.29 is 34.8 Å². The van der Waals surface area contributed by atoms with Crippen LogP contribution >= 0.6 is 0 Å². The van der Waals surface area contributed by atoms with Crippen LogP contribution in [0.1, 0.15) is 5.56 Å². The van der Waals surface area contributed by atoms with Crippen molar-refractivity contribution in [2.45, 2.75) is 12.4 Å². The fourth-order valence-corrected chi connectivity index (χ4v) is 2.36.